The molecule has 1 aromatic heterocycles. The van der Waals surface area contributed by atoms with Gasteiger partial charge in [-0.1, -0.05) is 42.8 Å². The van der Waals surface area contributed by atoms with Crippen LogP contribution < -0.4 is 4.74 Å². The summed E-state index contributed by atoms with van der Waals surface area (Å²) in [6, 6.07) is 17.5. The summed E-state index contributed by atoms with van der Waals surface area (Å²) < 4.78 is 5.61. The van der Waals surface area contributed by atoms with E-state index in [0.717, 1.165) is 23.1 Å². The van der Waals surface area contributed by atoms with Gasteiger partial charge in [0.1, 0.15) is 11.5 Å². The van der Waals surface area contributed by atoms with Gasteiger partial charge >= 0.3 is 0 Å². The third-order valence-corrected chi connectivity index (χ3v) is 5.61. The number of aliphatic hydroxyl groups is 1. The van der Waals surface area contributed by atoms with E-state index in [1.54, 1.807) is 42.7 Å². The number of carbonyl (C=O) groups excluding carboxylic acids is 2. The predicted octanol–water partition coefficient (Wildman–Crippen LogP) is 4.80. The smallest absolute Gasteiger partial charge is 0.295 e. The molecule has 1 aliphatic rings. The molecule has 6 heteroatoms. The van der Waals surface area contributed by atoms with Crippen LogP contribution in [0, 0.1) is 6.92 Å². The highest BCUT2D eigenvalue weighted by atomic mass is 16.5. The van der Waals surface area contributed by atoms with E-state index in [9.17, 15) is 14.7 Å². The van der Waals surface area contributed by atoms with Crippen LogP contribution >= 0.6 is 0 Å². The van der Waals surface area contributed by atoms with E-state index in [1.165, 1.54) is 4.90 Å². The lowest BCUT2D eigenvalue weighted by atomic mass is 9.94. The molecule has 1 saturated heterocycles. The quantitative estimate of drug-likeness (QED) is 0.323. The third kappa shape index (κ3) is 4.65. The zero-order chi connectivity index (χ0) is 23.4. The number of benzene rings is 2. The van der Waals surface area contributed by atoms with Gasteiger partial charge in [-0.15, -0.1) is 0 Å². The molecule has 33 heavy (non-hydrogen) atoms. The van der Waals surface area contributed by atoms with Crippen LogP contribution in [0.1, 0.15) is 41.6 Å². The van der Waals surface area contributed by atoms with Gasteiger partial charge < -0.3 is 14.7 Å². The summed E-state index contributed by atoms with van der Waals surface area (Å²) in [7, 11) is 0. The van der Waals surface area contributed by atoms with Crippen LogP contribution in [-0.4, -0.2) is 33.3 Å². The Bertz CT molecular complexity index is 1170. The number of amides is 1. The lowest BCUT2D eigenvalue weighted by molar-refractivity contribution is -0.140. The minimum atomic E-state index is -0.707. The Morgan fingerprint density at radius 2 is 1.79 bits per heavy atom. The molecule has 4 rings (SSSR count). The molecule has 0 aliphatic carbocycles. The Kier molecular flexibility index (Phi) is 6.54. The zero-order valence-corrected chi connectivity index (χ0v) is 18.7. The summed E-state index contributed by atoms with van der Waals surface area (Å²) in [6.45, 7) is 4.80. The molecular formula is C27H26N2O4. The van der Waals surface area contributed by atoms with Gasteiger partial charge in [0.05, 0.1) is 18.2 Å². The number of nitrogens with zero attached hydrogens (tertiary/aromatic N) is 2. The van der Waals surface area contributed by atoms with Crippen molar-refractivity contribution in [1.29, 1.82) is 0 Å². The third-order valence-electron chi connectivity index (χ3n) is 5.61. The SMILES string of the molecule is CCCOc1ccc(/C(O)=C2\C(=O)C(=O)N(Cc3cccnc3)[C@@H]2c2ccc(C)cc2)cc1. The molecule has 0 unspecified atom stereocenters. The second-order valence-corrected chi connectivity index (χ2v) is 8.07. The topological polar surface area (TPSA) is 79.7 Å². The maximum absolute atomic E-state index is 13.1. The molecule has 6 nitrogen and oxygen atoms in total. The van der Waals surface area contributed by atoms with Crippen molar-refractivity contribution < 1.29 is 19.4 Å². The van der Waals surface area contributed by atoms with Gasteiger partial charge in [-0.3, -0.25) is 14.6 Å². The first-order valence-corrected chi connectivity index (χ1v) is 11.0. The normalized spacial score (nSPS) is 17.4. The van der Waals surface area contributed by atoms with Crippen LogP contribution in [0.25, 0.3) is 5.76 Å². The first kappa shape index (κ1) is 22.3. The average Bonchev–Trinajstić information content (AvgIpc) is 3.08. The minimum absolute atomic E-state index is 0.0787. The summed E-state index contributed by atoms with van der Waals surface area (Å²) >= 11 is 0. The van der Waals surface area contributed by atoms with Crippen LogP contribution in [0.4, 0.5) is 0 Å². The standard InChI is InChI=1S/C27H26N2O4/c1-3-15-33-22-12-10-21(11-13-22)25(30)23-24(20-8-6-18(2)7-9-20)29(27(32)26(23)31)17-19-5-4-14-28-16-19/h4-14,16,24,30H,3,15,17H2,1-2H3/b25-23+/t24-/m1/s1. The lowest BCUT2D eigenvalue weighted by Crippen LogP contribution is -2.29. The predicted molar refractivity (Wildman–Crippen MR) is 125 cm³/mol. The van der Waals surface area contributed by atoms with E-state index in [0.29, 0.717) is 17.9 Å². The van der Waals surface area contributed by atoms with Crippen molar-refractivity contribution in [1.82, 2.24) is 9.88 Å². The molecule has 2 heterocycles. The molecule has 1 aliphatic heterocycles. The summed E-state index contributed by atoms with van der Waals surface area (Å²) in [6.07, 6.45) is 4.21. The van der Waals surface area contributed by atoms with Crippen molar-refractivity contribution in [2.45, 2.75) is 32.9 Å². The fourth-order valence-electron chi connectivity index (χ4n) is 3.91. The number of carbonyl (C=O) groups is 2. The molecule has 0 spiro atoms. The highest BCUT2D eigenvalue weighted by Crippen LogP contribution is 2.40. The fourth-order valence-corrected chi connectivity index (χ4v) is 3.91. The molecule has 1 amide bonds. The molecule has 1 atom stereocenters. The molecule has 1 fully saturated rings. The molecule has 0 saturated carbocycles. The van der Waals surface area contributed by atoms with Gasteiger partial charge in [-0.05, 0) is 54.8 Å². The lowest BCUT2D eigenvalue weighted by Gasteiger charge is -2.25. The van der Waals surface area contributed by atoms with Gasteiger partial charge in [0.15, 0.2) is 0 Å². The summed E-state index contributed by atoms with van der Waals surface area (Å²) in [5.41, 5.74) is 3.15. The number of aromatic nitrogens is 1. The van der Waals surface area contributed by atoms with Gasteiger partial charge in [-0.2, -0.15) is 0 Å². The monoisotopic (exact) mass is 442 g/mol. The number of hydrogen-bond donors (Lipinski definition) is 1. The van der Waals surface area contributed by atoms with E-state index in [2.05, 4.69) is 4.98 Å². The van der Waals surface area contributed by atoms with E-state index in [4.69, 9.17) is 4.74 Å². The highest BCUT2D eigenvalue weighted by Gasteiger charge is 2.46. The molecule has 3 aromatic rings. The molecule has 0 radical (unpaired) electrons. The van der Waals surface area contributed by atoms with E-state index in [1.807, 2.05) is 44.2 Å². The number of likely N-dealkylation sites (tertiary alicyclic amines) is 1. The first-order valence-electron chi connectivity index (χ1n) is 11.0. The Hall–Kier alpha value is -3.93. The van der Waals surface area contributed by atoms with Crippen LogP contribution in [0.3, 0.4) is 0 Å². The van der Waals surface area contributed by atoms with Crippen molar-refractivity contribution in [3.05, 3.63) is 101 Å². The van der Waals surface area contributed by atoms with Crippen LogP contribution in [0.2, 0.25) is 0 Å². The molecule has 1 N–H and O–H groups in total. The molecule has 0 bridgehead atoms. The number of hydrogen-bond acceptors (Lipinski definition) is 5. The molecular weight excluding hydrogens is 416 g/mol. The first-order chi connectivity index (χ1) is 16.0. The minimum Gasteiger partial charge on any atom is -0.507 e. The van der Waals surface area contributed by atoms with E-state index in [-0.39, 0.29) is 17.9 Å². The highest BCUT2D eigenvalue weighted by molar-refractivity contribution is 6.46. The molecule has 2 aromatic carbocycles. The van der Waals surface area contributed by atoms with Crippen molar-refractivity contribution in [2.24, 2.45) is 0 Å². The Labute approximate surface area is 193 Å². The maximum atomic E-state index is 13.1. The second-order valence-electron chi connectivity index (χ2n) is 8.07. The zero-order valence-electron chi connectivity index (χ0n) is 18.7. The average molecular weight is 443 g/mol. The summed E-state index contributed by atoms with van der Waals surface area (Å²) in [5, 5.41) is 11.2. The molecule has 168 valence electrons. The number of ketones is 1. The Morgan fingerprint density at radius 3 is 2.42 bits per heavy atom. The van der Waals surface area contributed by atoms with Gasteiger partial charge in [-0.25, -0.2) is 0 Å². The largest absolute Gasteiger partial charge is 0.507 e. The van der Waals surface area contributed by atoms with Crippen molar-refractivity contribution in [3.63, 3.8) is 0 Å². The Balaban J connectivity index is 1.78. The van der Waals surface area contributed by atoms with E-state index >= 15 is 0 Å². The van der Waals surface area contributed by atoms with Crippen LogP contribution in [0.15, 0.2) is 78.6 Å². The number of ether oxygens (including phenoxy) is 1. The summed E-state index contributed by atoms with van der Waals surface area (Å²) in [4.78, 5) is 31.8. The number of pyridine rings is 1. The van der Waals surface area contributed by atoms with Gasteiger partial charge in [0.25, 0.3) is 11.7 Å². The van der Waals surface area contributed by atoms with E-state index < -0.39 is 17.7 Å². The van der Waals surface area contributed by atoms with Crippen molar-refractivity contribution in [3.8, 4) is 5.75 Å². The van der Waals surface area contributed by atoms with Gasteiger partial charge in [0, 0.05) is 24.5 Å². The number of rotatable bonds is 7. The van der Waals surface area contributed by atoms with Crippen molar-refractivity contribution in [2.75, 3.05) is 6.61 Å². The summed E-state index contributed by atoms with van der Waals surface area (Å²) in [5.74, 6) is -0.864. The number of Topliss-reactive ketones (excluding diaryl/α,β-unsaturated/α-hetero) is 1. The Morgan fingerprint density at radius 1 is 1.06 bits per heavy atom. The van der Waals surface area contributed by atoms with Gasteiger partial charge in [0.2, 0.25) is 0 Å². The van der Waals surface area contributed by atoms with Crippen LogP contribution in [-0.2, 0) is 16.1 Å². The second kappa shape index (κ2) is 9.69. The number of aryl methyl sites for hydroxylation is 1. The maximum Gasteiger partial charge on any atom is 0.295 e. The van der Waals surface area contributed by atoms with Crippen LogP contribution in [0.5, 0.6) is 5.75 Å². The number of aliphatic hydroxyl groups excluding tert-OH is 1. The van der Waals surface area contributed by atoms with Crippen molar-refractivity contribution >= 4 is 17.4 Å². The fraction of sp³-hybridized carbons (Fsp3) is 0.222.